The predicted octanol–water partition coefficient (Wildman–Crippen LogP) is 0.463. The SMILES string of the molecule is CNN(C)CC1CC1. The largest absolute Gasteiger partial charge is 0.259 e. The summed E-state index contributed by atoms with van der Waals surface area (Å²) in [5, 5.41) is 2.14. The third-order valence-corrected chi connectivity index (χ3v) is 1.61. The molecule has 0 radical (unpaired) electrons. The van der Waals surface area contributed by atoms with E-state index in [1.165, 1.54) is 19.4 Å². The van der Waals surface area contributed by atoms with Gasteiger partial charge < -0.3 is 0 Å². The van der Waals surface area contributed by atoms with Crippen molar-refractivity contribution in [2.45, 2.75) is 12.8 Å². The van der Waals surface area contributed by atoms with Crippen molar-refractivity contribution in [2.24, 2.45) is 5.92 Å². The van der Waals surface area contributed by atoms with Gasteiger partial charge in [0.2, 0.25) is 0 Å². The molecule has 0 unspecified atom stereocenters. The Morgan fingerprint density at radius 1 is 1.62 bits per heavy atom. The van der Waals surface area contributed by atoms with E-state index in [-0.39, 0.29) is 0 Å². The molecule has 1 saturated carbocycles. The summed E-state index contributed by atoms with van der Waals surface area (Å²) in [6, 6.07) is 0. The van der Waals surface area contributed by atoms with Crippen LogP contribution in [-0.4, -0.2) is 25.6 Å². The van der Waals surface area contributed by atoms with Gasteiger partial charge in [0.15, 0.2) is 0 Å². The maximum absolute atomic E-state index is 3.07. The van der Waals surface area contributed by atoms with Crippen LogP contribution in [0.15, 0.2) is 0 Å². The van der Waals surface area contributed by atoms with E-state index in [4.69, 9.17) is 0 Å². The Kier molecular flexibility index (Phi) is 1.86. The van der Waals surface area contributed by atoms with Gasteiger partial charge >= 0.3 is 0 Å². The van der Waals surface area contributed by atoms with Crippen molar-refractivity contribution in [3.63, 3.8) is 0 Å². The number of rotatable bonds is 3. The normalized spacial score (nSPS) is 19.9. The number of hydrogen-bond acceptors (Lipinski definition) is 2. The molecule has 8 heavy (non-hydrogen) atoms. The molecular formula is C6H14N2. The Hall–Kier alpha value is -0.0800. The van der Waals surface area contributed by atoms with Gasteiger partial charge in [0.25, 0.3) is 0 Å². The zero-order chi connectivity index (χ0) is 5.98. The van der Waals surface area contributed by atoms with Gasteiger partial charge in [-0.05, 0) is 25.8 Å². The van der Waals surface area contributed by atoms with Crippen molar-refractivity contribution in [1.82, 2.24) is 10.4 Å². The molecule has 1 N–H and O–H groups in total. The van der Waals surface area contributed by atoms with Crippen molar-refractivity contribution < 1.29 is 0 Å². The van der Waals surface area contributed by atoms with Crippen LogP contribution in [0.3, 0.4) is 0 Å². The van der Waals surface area contributed by atoms with E-state index in [0.717, 1.165) is 5.92 Å². The average Bonchev–Trinajstić information content (AvgIpc) is 2.50. The van der Waals surface area contributed by atoms with Crippen molar-refractivity contribution in [3.05, 3.63) is 0 Å². The molecule has 2 nitrogen and oxygen atoms in total. The van der Waals surface area contributed by atoms with Crippen LogP contribution in [0.5, 0.6) is 0 Å². The second-order valence-corrected chi connectivity index (χ2v) is 2.55. The lowest BCUT2D eigenvalue weighted by molar-refractivity contribution is 0.249. The Morgan fingerprint density at radius 3 is 2.62 bits per heavy atom. The van der Waals surface area contributed by atoms with Crippen molar-refractivity contribution in [1.29, 1.82) is 0 Å². The minimum absolute atomic E-state index is 0.993. The summed E-state index contributed by atoms with van der Waals surface area (Å²) >= 11 is 0. The standard InChI is InChI=1S/C6H14N2/c1-7-8(2)5-6-3-4-6/h6-7H,3-5H2,1-2H3. The Morgan fingerprint density at radius 2 is 2.25 bits per heavy atom. The molecule has 0 aromatic carbocycles. The summed E-state index contributed by atoms with van der Waals surface area (Å²) in [4.78, 5) is 0. The molecule has 48 valence electrons. The van der Waals surface area contributed by atoms with Gasteiger partial charge in [-0.15, -0.1) is 0 Å². The van der Waals surface area contributed by atoms with Gasteiger partial charge in [-0.25, -0.2) is 5.01 Å². The van der Waals surface area contributed by atoms with Crippen molar-refractivity contribution >= 4 is 0 Å². The molecule has 0 aromatic heterocycles. The molecule has 0 saturated heterocycles. The minimum Gasteiger partial charge on any atom is -0.259 e. The topological polar surface area (TPSA) is 15.3 Å². The van der Waals surface area contributed by atoms with E-state index >= 15 is 0 Å². The molecular weight excluding hydrogens is 100 g/mol. The molecule has 1 rings (SSSR count). The van der Waals surface area contributed by atoms with Gasteiger partial charge in [0.05, 0.1) is 0 Å². The van der Waals surface area contributed by atoms with Crippen LogP contribution in [-0.2, 0) is 0 Å². The third-order valence-electron chi connectivity index (χ3n) is 1.61. The number of nitrogens with one attached hydrogen (secondary N) is 1. The maximum Gasteiger partial charge on any atom is 0.0156 e. The first-order valence-electron chi connectivity index (χ1n) is 3.21. The highest BCUT2D eigenvalue weighted by molar-refractivity contribution is 4.74. The maximum atomic E-state index is 3.07. The van der Waals surface area contributed by atoms with E-state index in [0.29, 0.717) is 0 Å². The lowest BCUT2D eigenvalue weighted by atomic mass is 10.4. The molecule has 0 aromatic rings. The molecule has 1 fully saturated rings. The first-order valence-corrected chi connectivity index (χ1v) is 3.21. The highest BCUT2D eigenvalue weighted by Gasteiger charge is 2.21. The van der Waals surface area contributed by atoms with Crippen LogP contribution in [0.4, 0.5) is 0 Å². The molecule has 0 heterocycles. The van der Waals surface area contributed by atoms with Gasteiger partial charge in [0, 0.05) is 13.6 Å². The molecule has 1 aliphatic rings. The molecule has 0 atom stereocenters. The first kappa shape index (κ1) is 6.05. The summed E-state index contributed by atoms with van der Waals surface area (Å²) in [5.41, 5.74) is 3.07. The van der Waals surface area contributed by atoms with E-state index in [2.05, 4.69) is 17.5 Å². The molecule has 2 heteroatoms. The molecule has 0 spiro atoms. The van der Waals surface area contributed by atoms with E-state index in [1.54, 1.807) is 0 Å². The Bertz CT molecular complexity index is 68.9. The van der Waals surface area contributed by atoms with Gasteiger partial charge in [0.1, 0.15) is 0 Å². The third kappa shape index (κ3) is 1.80. The number of hydrogen-bond donors (Lipinski definition) is 1. The number of nitrogens with zero attached hydrogens (tertiary/aromatic N) is 1. The van der Waals surface area contributed by atoms with Crippen LogP contribution in [0.1, 0.15) is 12.8 Å². The fraction of sp³-hybridized carbons (Fsp3) is 1.00. The molecule has 0 aliphatic heterocycles. The first-order chi connectivity index (χ1) is 3.83. The molecule has 1 aliphatic carbocycles. The summed E-state index contributed by atoms with van der Waals surface area (Å²) in [7, 11) is 4.04. The highest BCUT2D eigenvalue weighted by atomic mass is 15.5. The van der Waals surface area contributed by atoms with Crippen LogP contribution in [0, 0.1) is 5.92 Å². The average molecular weight is 114 g/mol. The monoisotopic (exact) mass is 114 g/mol. The quantitative estimate of drug-likeness (QED) is 0.536. The molecule has 0 bridgehead atoms. The zero-order valence-electron chi connectivity index (χ0n) is 5.65. The lowest BCUT2D eigenvalue weighted by Gasteiger charge is -2.12. The summed E-state index contributed by atoms with van der Waals surface area (Å²) in [5.74, 6) is 0.993. The second kappa shape index (κ2) is 2.46. The van der Waals surface area contributed by atoms with Crippen LogP contribution < -0.4 is 5.43 Å². The van der Waals surface area contributed by atoms with Gasteiger partial charge in [-0.1, -0.05) is 0 Å². The van der Waals surface area contributed by atoms with Crippen LogP contribution in [0.2, 0.25) is 0 Å². The Labute approximate surface area is 50.8 Å². The summed E-state index contributed by atoms with van der Waals surface area (Å²) in [6.07, 6.45) is 2.87. The summed E-state index contributed by atoms with van der Waals surface area (Å²) < 4.78 is 0. The second-order valence-electron chi connectivity index (χ2n) is 2.55. The minimum atomic E-state index is 0.993. The highest BCUT2D eigenvalue weighted by Crippen LogP contribution is 2.28. The van der Waals surface area contributed by atoms with Crippen molar-refractivity contribution in [3.8, 4) is 0 Å². The summed E-state index contributed by atoms with van der Waals surface area (Å²) in [6.45, 7) is 1.22. The fourth-order valence-electron chi connectivity index (χ4n) is 0.779. The van der Waals surface area contributed by atoms with Crippen molar-refractivity contribution in [2.75, 3.05) is 20.6 Å². The Balaban J connectivity index is 1.98. The number of hydrazine groups is 1. The van der Waals surface area contributed by atoms with E-state index in [1.807, 2.05) is 7.05 Å². The smallest absolute Gasteiger partial charge is 0.0156 e. The van der Waals surface area contributed by atoms with Gasteiger partial charge in [-0.3, -0.25) is 5.43 Å². The lowest BCUT2D eigenvalue weighted by Crippen LogP contribution is -2.32. The predicted molar refractivity (Wildman–Crippen MR) is 34.4 cm³/mol. The molecule has 0 amide bonds. The van der Waals surface area contributed by atoms with Crippen LogP contribution in [0.25, 0.3) is 0 Å². The van der Waals surface area contributed by atoms with Crippen LogP contribution >= 0.6 is 0 Å². The van der Waals surface area contributed by atoms with E-state index in [9.17, 15) is 0 Å². The fourth-order valence-corrected chi connectivity index (χ4v) is 0.779. The van der Waals surface area contributed by atoms with E-state index < -0.39 is 0 Å². The zero-order valence-corrected chi connectivity index (χ0v) is 5.65. The van der Waals surface area contributed by atoms with Gasteiger partial charge in [-0.2, -0.15) is 0 Å².